The van der Waals surface area contributed by atoms with Gasteiger partial charge in [-0.25, -0.2) is 4.98 Å². The van der Waals surface area contributed by atoms with Crippen LogP contribution in [0.15, 0.2) is 66.2 Å². The lowest BCUT2D eigenvalue weighted by molar-refractivity contribution is -0.123. The minimum Gasteiger partial charge on any atom is -0.370 e. The summed E-state index contributed by atoms with van der Waals surface area (Å²) in [7, 11) is 0. The molecule has 0 aliphatic carbocycles. The van der Waals surface area contributed by atoms with Crippen LogP contribution in [-0.2, 0) is 9.59 Å². The van der Waals surface area contributed by atoms with Crippen molar-refractivity contribution >= 4 is 52.2 Å². The number of Topliss-reactive ketones (excluding diaryl/α,β-unsaturated/α-hetero) is 1. The molecule has 0 bridgehead atoms. The van der Waals surface area contributed by atoms with Gasteiger partial charge in [0, 0.05) is 23.7 Å². The van der Waals surface area contributed by atoms with E-state index in [-0.39, 0.29) is 49.1 Å². The Morgan fingerprint density at radius 3 is 2.47 bits per heavy atom. The summed E-state index contributed by atoms with van der Waals surface area (Å²) in [5.74, 6) is -1.64. The molecule has 11 nitrogen and oxygen atoms in total. The van der Waals surface area contributed by atoms with Crippen LogP contribution in [-0.4, -0.2) is 60.1 Å². The summed E-state index contributed by atoms with van der Waals surface area (Å²) in [4.78, 5) is 58.2. The van der Waals surface area contributed by atoms with Gasteiger partial charge >= 0.3 is 0 Å². The summed E-state index contributed by atoms with van der Waals surface area (Å²) in [5.41, 5.74) is 6.91. The molecule has 196 valence electrons. The number of rotatable bonds is 10. The maximum atomic E-state index is 13.1. The molecule has 0 saturated heterocycles. The Morgan fingerprint density at radius 2 is 1.79 bits per heavy atom. The van der Waals surface area contributed by atoms with Gasteiger partial charge in [-0.3, -0.25) is 34.4 Å². The molecule has 4 rings (SSSR count). The number of nitrogens with one attached hydrogen (secondary N) is 3. The number of nitrogens with zero attached hydrogens (tertiary/aromatic N) is 3. The monoisotopic (exact) mass is 533 g/mol. The average Bonchev–Trinajstić information content (AvgIpc) is 3.46. The van der Waals surface area contributed by atoms with Crippen LogP contribution >= 0.6 is 11.3 Å². The van der Waals surface area contributed by atoms with Gasteiger partial charge in [-0.1, -0.05) is 30.3 Å². The van der Waals surface area contributed by atoms with Gasteiger partial charge in [0.25, 0.3) is 5.91 Å². The first-order valence-corrected chi connectivity index (χ1v) is 12.8. The lowest BCUT2D eigenvalue weighted by Crippen LogP contribution is -2.51. The predicted octanol–water partition coefficient (Wildman–Crippen LogP) is 1.77. The highest BCUT2D eigenvalue weighted by Crippen LogP contribution is 2.34. The van der Waals surface area contributed by atoms with Crippen LogP contribution in [0.2, 0.25) is 0 Å². The van der Waals surface area contributed by atoms with Gasteiger partial charge in [0.2, 0.25) is 17.6 Å². The van der Waals surface area contributed by atoms with Crippen molar-refractivity contribution in [3.8, 4) is 0 Å². The summed E-state index contributed by atoms with van der Waals surface area (Å²) < 4.78 is 0. The van der Waals surface area contributed by atoms with Crippen LogP contribution in [0.1, 0.15) is 33.0 Å². The topological polar surface area (TPSA) is 162 Å². The van der Waals surface area contributed by atoms with Crippen LogP contribution in [0, 0.1) is 5.41 Å². The minimum absolute atomic E-state index is 0.185. The highest BCUT2D eigenvalue weighted by Gasteiger charge is 2.33. The molecular formula is C26H27N7O4S. The molecule has 0 radical (unpaired) electrons. The van der Waals surface area contributed by atoms with Crippen molar-refractivity contribution in [2.45, 2.75) is 18.9 Å². The van der Waals surface area contributed by atoms with Gasteiger partial charge in [-0.2, -0.15) is 0 Å². The van der Waals surface area contributed by atoms with Crippen LogP contribution in [0.5, 0.6) is 0 Å². The number of hydrogen-bond donors (Lipinski definition) is 4. The van der Waals surface area contributed by atoms with Gasteiger partial charge in [0.05, 0.1) is 17.4 Å². The van der Waals surface area contributed by atoms with Crippen LogP contribution in [0.4, 0.5) is 11.4 Å². The number of thiazole rings is 1. The highest BCUT2D eigenvalue weighted by atomic mass is 32.1. The first-order valence-electron chi connectivity index (χ1n) is 11.9. The van der Waals surface area contributed by atoms with E-state index in [0.717, 1.165) is 0 Å². The Morgan fingerprint density at radius 1 is 1.08 bits per heavy atom. The number of anilines is 2. The van der Waals surface area contributed by atoms with Crippen LogP contribution in [0.3, 0.4) is 0 Å². The molecule has 1 aliphatic heterocycles. The summed E-state index contributed by atoms with van der Waals surface area (Å²) in [6, 6.07) is 14.9. The van der Waals surface area contributed by atoms with E-state index in [1.54, 1.807) is 53.9 Å². The maximum Gasteiger partial charge on any atom is 0.258 e. The van der Waals surface area contributed by atoms with E-state index in [2.05, 4.69) is 15.6 Å². The predicted molar refractivity (Wildman–Crippen MR) is 144 cm³/mol. The molecule has 1 unspecified atom stereocenters. The van der Waals surface area contributed by atoms with Gasteiger partial charge < -0.3 is 16.4 Å². The Bertz CT molecular complexity index is 1330. The Hall–Kier alpha value is -4.58. The largest absolute Gasteiger partial charge is 0.370 e. The van der Waals surface area contributed by atoms with Crippen molar-refractivity contribution in [3.05, 3.63) is 76.7 Å². The molecule has 1 aromatic heterocycles. The quantitative estimate of drug-likeness (QED) is 0.134. The second-order valence-electron chi connectivity index (χ2n) is 8.53. The van der Waals surface area contributed by atoms with E-state index in [0.29, 0.717) is 34.8 Å². The smallest absolute Gasteiger partial charge is 0.258 e. The molecule has 1 aliphatic rings. The Labute approximate surface area is 223 Å². The third kappa shape index (κ3) is 6.21. The first kappa shape index (κ1) is 26.5. The minimum atomic E-state index is -0.737. The lowest BCUT2D eigenvalue weighted by atomic mass is 10.1. The summed E-state index contributed by atoms with van der Waals surface area (Å²) >= 11 is 1.20. The third-order valence-corrected chi connectivity index (χ3v) is 6.69. The van der Waals surface area contributed by atoms with Gasteiger partial charge in [-0.05, 0) is 37.1 Å². The number of guanidine groups is 1. The fourth-order valence-corrected chi connectivity index (χ4v) is 4.77. The number of nitrogens with two attached hydrogens (primary N) is 1. The molecule has 1 atom stereocenters. The van der Waals surface area contributed by atoms with E-state index in [1.807, 2.05) is 6.07 Å². The number of carbonyl (C=O) groups is 4. The van der Waals surface area contributed by atoms with E-state index >= 15 is 0 Å². The van der Waals surface area contributed by atoms with Gasteiger partial charge in [-0.15, -0.1) is 11.3 Å². The van der Waals surface area contributed by atoms with E-state index < -0.39 is 6.04 Å². The molecule has 12 heteroatoms. The number of amides is 3. The number of aromatic nitrogens is 1. The molecule has 3 aromatic rings. The second kappa shape index (κ2) is 12.1. The summed E-state index contributed by atoms with van der Waals surface area (Å²) in [6.45, 7) is -0.145. The average molecular weight is 534 g/mol. The molecule has 2 aromatic carbocycles. The van der Waals surface area contributed by atoms with Gasteiger partial charge in [0.15, 0.2) is 11.0 Å². The number of hydrogen-bond acceptors (Lipinski definition) is 7. The van der Waals surface area contributed by atoms with Gasteiger partial charge in [0.1, 0.15) is 13.1 Å². The zero-order chi connectivity index (χ0) is 27.1. The molecule has 0 fully saturated rings. The zero-order valence-electron chi connectivity index (χ0n) is 20.4. The SMILES string of the molecule is N=C(N)NC(CCCNC(=O)CN1C(=O)CN(C(=O)c2ccccc2)c2ccccc21)C(=O)c1nccs1. The summed E-state index contributed by atoms with van der Waals surface area (Å²) in [5, 5.41) is 14.9. The normalized spacial score (nSPS) is 13.4. The zero-order valence-corrected chi connectivity index (χ0v) is 21.2. The van der Waals surface area contributed by atoms with Crippen LogP contribution < -0.4 is 26.2 Å². The van der Waals surface area contributed by atoms with E-state index in [1.165, 1.54) is 27.3 Å². The van der Waals surface area contributed by atoms with Crippen molar-refractivity contribution in [1.82, 2.24) is 15.6 Å². The maximum absolute atomic E-state index is 13.1. The molecule has 38 heavy (non-hydrogen) atoms. The van der Waals surface area contributed by atoms with E-state index in [9.17, 15) is 19.2 Å². The number of benzene rings is 2. The number of ketones is 1. The molecule has 5 N–H and O–H groups in total. The second-order valence-corrected chi connectivity index (χ2v) is 9.42. The standard InChI is InChI=1S/C26H27N7O4S/c27-26(28)31-18(23(36)24-30-13-14-38-24)9-6-12-29-21(34)15-32-19-10-4-5-11-20(19)33(16-22(32)35)25(37)17-7-2-1-3-8-17/h1-5,7-8,10-11,13-14,18H,6,9,12,15-16H2,(H,29,34)(H4,27,28,31). The molecule has 3 amide bonds. The molecule has 2 heterocycles. The number of carbonyl (C=O) groups excluding carboxylic acids is 4. The Balaban J connectivity index is 1.35. The Kier molecular flexibility index (Phi) is 8.44. The third-order valence-electron chi connectivity index (χ3n) is 5.91. The summed E-state index contributed by atoms with van der Waals surface area (Å²) in [6.07, 6.45) is 2.28. The highest BCUT2D eigenvalue weighted by molar-refractivity contribution is 7.11. The van der Waals surface area contributed by atoms with Crippen molar-refractivity contribution in [2.24, 2.45) is 5.73 Å². The van der Waals surface area contributed by atoms with E-state index in [4.69, 9.17) is 11.1 Å². The first-order chi connectivity index (χ1) is 18.3. The molecule has 0 spiro atoms. The number of para-hydroxylation sites is 2. The molecular weight excluding hydrogens is 506 g/mol. The molecule has 0 saturated carbocycles. The van der Waals surface area contributed by atoms with Crippen molar-refractivity contribution < 1.29 is 19.2 Å². The van der Waals surface area contributed by atoms with Crippen molar-refractivity contribution in [2.75, 3.05) is 29.4 Å². The van der Waals surface area contributed by atoms with Crippen molar-refractivity contribution in [3.63, 3.8) is 0 Å². The lowest BCUT2D eigenvalue weighted by Gasteiger charge is -2.35. The number of fused-ring (bicyclic) bond motifs is 1. The van der Waals surface area contributed by atoms with Crippen molar-refractivity contribution in [1.29, 1.82) is 5.41 Å². The fourth-order valence-electron chi connectivity index (χ4n) is 4.14. The van der Waals surface area contributed by atoms with Crippen LogP contribution in [0.25, 0.3) is 0 Å². The fraction of sp³-hybridized carbons (Fsp3) is 0.231.